The van der Waals surface area contributed by atoms with Crippen LogP contribution in [-0.4, -0.2) is 36.5 Å². The molecule has 1 aromatic rings. The Bertz CT molecular complexity index is 537. The van der Waals surface area contributed by atoms with Gasteiger partial charge in [0.1, 0.15) is 0 Å². The molecule has 1 amide bonds. The van der Waals surface area contributed by atoms with E-state index >= 15 is 0 Å². The van der Waals surface area contributed by atoms with E-state index in [1.807, 2.05) is 4.90 Å². The van der Waals surface area contributed by atoms with Crippen molar-refractivity contribution in [3.63, 3.8) is 0 Å². The molecule has 0 radical (unpaired) electrons. The Hall–Kier alpha value is -0.770. The average molecular weight is 341 g/mol. The van der Waals surface area contributed by atoms with Crippen LogP contribution >= 0.6 is 23.2 Å². The van der Waals surface area contributed by atoms with Gasteiger partial charge < -0.3 is 10.2 Å². The smallest absolute Gasteiger partial charge is 0.255 e. The maximum atomic E-state index is 13.0. The molecule has 120 valence electrons. The van der Waals surface area contributed by atoms with Crippen molar-refractivity contribution in [1.29, 1.82) is 0 Å². The lowest BCUT2D eigenvalue weighted by Gasteiger charge is -2.31. The van der Waals surface area contributed by atoms with E-state index < -0.39 is 0 Å². The van der Waals surface area contributed by atoms with E-state index in [4.69, 9.17) is 23.2 Å². The number of rotatable bonds is 4. The standard InChI is InChI=1S/C17H22Cl2N2O/c18-13-5-6-15(16(19)9-13)17(22)21(14-7-8-20-10-14)11-12-3-1-2-4-12/h5-6,9,12,14,20H,1-4,7-8,10-11H2. The van der Waals surface area contributed by atoms with E-state index in [1.165, 1.54) is 25.7 Å². The first-order chi connectivity index (χ1) is 10.6. The first kappa shape index (κ1) is 16.1. The topological polar surface area (TPSA) is 32.3 Å². The summed E-state index contributed by atoms with van der Waals surface area (Å²) in [5.41, 5.74) is 0.566. The van der Waals surface area contributed by atoms with Crippen LogP contribution in [0.5, 0.6) is 0 Å². The molecule has 1 saturated heterocycles. The summed E-state index contributed by atoms with van der Waals surface area (Å²) in [7, 11) is 0. The van der Waals surface area contributed by atoms with Crippen LogP contribution in [0.15, 0.2) is 18.2 Å². The Kier molecular flexibility index (Phi) is 5.27. The van der Waals surface area contributed by atoms with E-state index in [0.29, 0.717) is 21.5 Å². The van der Waals surface area contributed by atoms with Crippen molar-refractivity contribution in [3.8, 4) is 0 Å². The van der Waals surface area contributed by atoms with Crippen LogP contribution in [0.4, 0.5) is 0 Å². The van der Waals surface area contributed by atoms with Crippen molar-refractivity contribution >= 4 is 29.1 Å². The lowest BCUT2D eigenvalue weighted by molar-refractivity contribution is 0.0658. The van der Waals surface area contributed by atoms with Crippen molar-refractivity contribution in [2.24, 2.45) is 5.92 Å². The van der Waals surface area contributed by atoms with Crippen LogP contribution in [0, 0.1) is 5.92 Å². The zero-order chi connectivity index (χ0) is 15.5. The lowest BCUT2D eigenvalue weighted by atomic mass is 10.0. The second-order valence-electron chi connectivity index (χ2n) is 6.38. The van der Waals surface area contributed by atoms with Crippen LogP contribution in [0.3, 0.4) is 0 Å². The molecule has 0 spiro atoms. The van der Waals surface area contributed by atoms with Crippen LogP contribution in [0.25, 0.3) is 0 Å². The minimum atomic E-state index is 0.0438. The number of nitrogens with zero attached hydrogens (tertiary/aromatic N) is 1. The zero-order valence-corrected chi connectivity index (χ0v) is 14.2. The van der Waals surface area contributed by atoms with E-state index in [2.05, 4.69) is 5.32 Å². The minimum Gasteiger partial charge on any atom is -0.334 e. The molecular formula is C17H22Cl2N2O. The summed E-state index contributed by atoms with van der Waals surface area (Å²) in [6.45, 7) is 2.71. The zero-order valence-electron chi connectivity index (χ0n) is 12.7. The lowest BCUT2D eigenvalue weighted by Crippen LogP contribution is -2.44. The molecular weight excluding hydrogens is 319 g/mol. The number of hydrogen-bond donors (Lipinski definition) is 1. The summed E-state index contributed by atoms with van der Waals surface area (Å²) in [5, 5.41) is 4.37. The molecule has 1 aliphatic heterocycles. The molecule has 3 nitrogen and oxygen atoms in total. The first-order valence-corrected chi connectivity index (χ1v) is 8.87. The molecule has 5 heteroatoms. The van der Waals surface area contributed by atoms with Gasteiger partial charge in [0.25, 0.3) is 5.91 Å². The normalized spacial score (nSPS) is 22.2. The first-order valence-electron chi connectivity index (χ1n) is 8.12. The van der Waals surface area contributed by atoms with Gasteiger partial charge in [-0.3, -0.25) is 4.79 Å². The molecule has 1 aromatic carbocycles. The van der Waals surface area contributed by atoms with Gasteiger partial charge in [-0.15, -0.1) is 0 Å². The molecule has 1 aliphatic carbocycles. The Morgan fingerprint density at radius 2 is 2.00 bits per heavy atom. The molecule has 2 aliphatic rings. The van der Waals surface area contributed by atoms with Gasteiger partial charge in [0.15, 0.2) is 0 Å². The average Bonchev–Trinajstić information content (AvgIpc) is 3.17. The molecule has 1 saturated carbocycles. The summed E-state index contributed by atoms with van der Waals surface area (Å²) >= 11 is 12.2. The summed E-state index contributed by atoms with van der Waals surface area (Å²) < 4.78 is 0. The molecule has 1 atom stereocenters. The summed E-state index contributed by atoms with van der Waals surface area (Å²) in [6.07, 6.45) is 6.06. The molecule has 0 bridgehead atoms. The van der Waals surface area contributed by atoms with Gasteiger partial charge in [0.2, 0.25) is 0 Å². The Morgan fingerprint density at radius 3 is 2.64 bits per heavy atom. The summed E-state index contributed by atoms with van der Waals surface area (Å²) in [6, 6.07) is 5.41. The van der Waals surface area contributed by atoms with Gasteiger partial charge in [-0.2, -0.15) is 0 Å². The van der Waals surface area contributed by atoms with Crippen LogP contribution in [0.2, 0.25) is 10.0 Å². The summed E-state index contributed by atoms with van der Waals surface area (Å²) in [4.78, 5) is 15.1. The van der Waals surface area contributed by atoms with E-state index in [9.17, 15) is 4.79 Å². The Labute approximate surface area is 142 Å². The second kappa shape index (κ2) is 7.20. The molecule has 1 heterocycles. The van der Waals surface area contributed by atoms with Gasteiger partial charge in [0, 0.05) is 24.2 Å². The third-order valence-electron chi connectivity index (χ3n) is 4.83. The van der Waals surface area contributed by atoms with Gasteiger partial charge in [-0.05, 0) is 49.9 Å². The van der Waals surface area contributed by atoms with Crippen molar-refractivity contribution in [3.05, 3.63) is 33.8 Å². The third kappa shape index (κ3) is 3.58. The van der Waals surface area contributed by atoms with Crippen molar-refractivity contribution in [2.45, 2.75) is 38.1 Å². The van der Waals surface area contributed by atoms with E-state index in [1.54, 1.807) is 18.2 Å². The molecule has 1 N–H and O–H groups in total. The fourth-order valence-corrected chi connectivity index (χ4v) is 4.08. The molecule has 3 rings (SSSR count). The predicted molar refractivity (Wildman–Crippen MR) is 90.7 cm³/mol. The highest BCUT2D eigenvalue weighted by Crippen LogP contribution is 2.29. The van der Waals surface area contributed by atoms with Crippen LogP contribution in [-0.2, 0) is 0 Å². The second-order valence-corrected chi connectivity index (χ2v) is 7.22. The maximum Gasteiger partial charge on any atom is 0.255 e. The van der Waals surface area contributed by atoms with Gasteiger partial charge in [-0.25, -0.2) is 0 Å². The third-order valence-corrected chi connectivity index (χ3v) is 5.37. The fourth-order valence-electron chi connectivity index (χ4n) is 3.59. The highest BCUT2D eigenvalue weighted by atomic mass is 35.5. The quantitative estimate of drug-likeness (QED) is 0.898. The number of benzene rings is 1. The highest BCUT2D eigenvalue weighted by Gasteiger charge is 2.31. The Balaban J connectivity index is 1.81. The predicted octanol–water partition coefficient (Wildman–Crippen LogP) is 3.99. The molecule has 0 aromatic heterocycles. The number of amides is 1. The summed E-state index contributed by atoms with van der Waals surface area (Å²) in [5.74, 6) is 0.679. The number of nitrogens with one attached hydrogen (secondary N) is 1. The molecule has 22 heavy (non-hydrogen) atoms. The van der Waals surface area contributed by atoms with Gasteiger partial charge in [-0.1, -0.05) is 36.0 Å². The minimum absolute atomic E-state index is 0.0438. The fraction of sp³-hybridized carbons (Fsp3) is 0.588. The number of hydrogen-bond acceptors (Lipinski definition) is 2. The maximum absolute atomic E-state index is 13.0. The van der Waals surface area contributed by atoms with Crippen LogP contribution < -0.4 is 5.32 Å². The monoisotopic (exact) mass is 340 g/mol. The SMILES string of the molecule is O=C(c1ccc(Cl)cc1Cl)N(CC1CCCC1)C1CCNC1. The van der Waals surface area contributed by atoms with Crippen molar-refractivity contribution in [2.75, 3.05) is 19.6 Å². The number of carbonyl (C=O) groups excluding carboxylic acids is 1. The van der Waals surface area contributed by atoms with Crippen LogP contribution in [0.1, 0.15) is 42.5 Å². The van der Waals surface area contributed by atoms with Crippen molar-refractivity contribution < 1.29 is 4.79 Å². The van der Waals surface area contributed by atoms with E-state index in [-0.39, 0.29) is 11.9 Å². The van der Waals surface area contributed by atoms with Crippen molar-refractivity contribution in [1.82, 2.24) is 10.2 Å². The highest BCUT2D eigenvalue weighted by molar-refractivity contribution is 6.36. The van der Waals surface area contributed by atoms with Gasteiger partial charge in [0.05, 0.1) is 10.6 Å². The van der Waals surface area contributed by atoms with E-state index in [0.717, 1.165) is 26.1 Å². The Morgan fingerprint density at radius 1 is 1.23 bits per heavy atom. The molecule has 2 fully saturated rings. The van der Waals surface area contributed by atoms with Gasteiger partial charge >= 0.3 is 0 Å². The number of carbonyl (C=O) groups is 1. The molecule has 1 unspecified atom stereocenters. The largest absolute Gasteiger partial charge is 0.334 e. The number of halogens is 2.